The number of nitrogens with one attached hydrogen (secondary N) is 2. The van der Waals surface area contributed by atoms with Crippen LogP contribution in [-0.2, 0) is 19.6 Å². The third kappa shape index (κ3) is 6.31. The molecule has 7 nitrogen and oxygen atoms in total. The van der Waals surface area contributed by atoms with Crippen LogP contribution in [0.2, 0.25) is 0 Å². The van der Waals surface area contributed by atoms with Crippen molar-refractivity contribution in [2.75, 3.05) is 6.61 Å². The first-order valence-corrected chi connectivity index (χ1v) is 11.5. The van der Waals surface area contributed by atoms with E-state index in [0.29, 0.717) is 0 Å². The fraction of sp³-hybridized carbons (Fsp3) is 0.600. The van der Waals surface area contributed by atoms with E-state index < -0.39 is 16.0 Å². The van der Waals surface area contributed by atoms with Crippen LogP contribution < -0.4 is 10.0 Å². The third-order valence-electron chi connectivity index (χ3n) is 5.08. The molecule has 154 valence electrons. The molecule has 0 aliphatic heterocycles. The van der Waals surface area contributed by atoms with Crippen molar-refractivity contribution in [3.8, 4) is 0 Å². The van der Waals surface area contributed by atoms with E-state index in [0.717, 1.165) is 38.5 Å². The van der Waals surface area contributed by atoms with Crippen molar-refractivity contribution >= 4 is 21.9 Å². The van der Waals surface area contributed by atoms with Gasteiger partial charge in [0.05, 0.1) is 10.5 Å². The maximum absolute atomic E-state index is 12.3. The smallest absolute Gasteiger partial charge is 0.338 e. The van der Waals surface area contributed by atoms with E-state index >= 15 is 0 Å². The van der Waals surface area contributed by atoms with Crippen molar-refractivity contribution in [3.05, 3.63) is 29.8 Å². The molecule has 2 aliphatic rings. The van der Waals surface area contributed by atoms with E-state index in [1.165, 1.54) is 43.5 Å². The molecule has 2 fully saturated rings. The summed E-state index contributed by atoms with van der Waals surface area (Å²) < 4.78 is 32.2. The second kappa shape index (κ2) is 9.52. The molecule has 2 aliphatic carbocycles. The molecule has 2 saturated carbocycles. The number of carbonyl (C=O) groups excluding carboxylic acids is 2. The molecule has 0 saturated heterocycles. The molecule has 28 heavy (non-hydrogen) atoms. The lowest BCUT2D eigenvalue weighted by Gasteiger charge is -2.20. The molecule has 0 aromatic heterocycles. The zero-order chi connectivity index (χ0) is 20.0. The van der Waals surface area contributed by atoms with Gasteiger partial charge in [-0.15, -0.1) is 0 Å². The molecule has 0 heterocycles. The van der Waals surface area contributed by atoms with Gasteiger partial charge < -0.3 is 10.1 Å². The molecule has 1 amide bonds. The Hall–Kier alpha value is -1.93. The van der Waals surface area contributed by atoms with Crippen LogP contribution in [0, 0.1) is 0 Å². The lowest BCUT2D eigenvalue weighted by Crippen LogP contribution is -2.38. The summed E-state index contributed by atoms with van der Waals surface area (Å²) in [6.07, 6.45) is 9.40. The van der Waals surface area contributed by atoms with Gasteiger partial charge in [0.2, 0.25) is 10.0 Å². The summed E-state index contributed by atoms with van der Waals surface area (Å²) in [5.41, 5.74) is 0.109. The van der Waals surface area contributed by atoms with Crippen LogP contribution in [-0.4, -0.2) is 39.0 Å². The Morgan fingerprint density at radius 3 is 2.32 bits per heavy atom. The lowest BCUT2D eigenvalue weighted by molar-refractivity contribution is -0.125. The predicted octanol–water partition coefficient (Wildman–Crippen LogP) is 2.51. The van der Waals surface area contributed by atoms with Crippen LogP contribution in [0.5, 0.6) is 0 Å². The van der Waals surface area contributed by atoms with E-state index in [1.54, 1.807) is 0 Å². The maximum atomic E-state index is 12.3. The Morgan fingerprint density at radius 1 is 0.964 bits per heavy atom. The molecule has 0 radical (unpaired) electrons. The summed E-state index contributed by atoms with van der Waals surface area (Å²) in [6, 6.07) is 5.80. The number of sulfonamides is 1. The molecule has 0 bridgehead atoms. The van der Waals surface area contributed by atoms with E-state index in [4.69, 9.17) is 4.74 Å². The molecule has 2 N–H and O–H groups in total. The molecule has 0 unspecified atom stereocenters. The Morgan fingerprint density at radius 2 is 1.64 bits per heavy atom. The molecule has 3 rings (SSSR count). The molecule has 8 heteroatoms. The van der Waals surface area contributed by atoms with Crippen molar-refractivity contribution in [2.45, 2.75) is 74.8 Å². The number of carbonyl (C=O) groups is 2. The van der Waals surface area contributed by atoms with Gasteiger partial charge in [0.15, 0.2) is 6.61 Å². The summed E-state index contributed by atoms with van der Waals surface area (Å²) >= 11 is 0. The first-order valence-electron chi connectivity index (χ1n) is 10.0. The quantitative estimate of drug-likeness (QED) is 0.675. The topological polar surface area (TPSA) is 102 Å². The summed E-state index contributed by atoms with van der Waals surface area (Å²) in [5.74, 6) is -1.03. The zero-order valence-electron chi connectivity index (χ0n) is 16.0. The van der Waals surface area contributed by atoms with Crippen molar-refractivity contribution in [1.82, 2.24) is 10.0 Å². The van der Waals surface area contributed by atoms with E-state index in [-0.39, 0.29) is 35.1 Å². The Kier molecular flexibility index (Phi) is 7.07. The summed E-state index contributed by atoms with van der Waals surface area (Å²) in [5, 5.41) is 2.94. The maximum Gasteiger partial charge on any atom is 0.338 e. The van der Waals surface area contributed by atoms with Crippen molar-refractivity contribution < 1.29 is 22.7 Å². The van der Waals surface area contributed by atoms with Gasteiger partial charge in [0.25, 0.3) is 5.91 Å². The average molecular weight is 409 g/mol. The Labute approximate surface area is 166 Å². The minimum Gasteiger partial charge on any atom is -0.452 e. The fourth-order valence-electron chi connectivity index (χ4n) is 3.36. The zero-order valence-corrected chi connectivity index (χ0v) is 16.8. The number of ether oxygens (including phenoxy) is 1. The van der Waals surface area contributed by atoms with Crippen molar-refractivity contribution in [1.29, 1.82) is 0 Å². The summed E-state index contributed by atoms with van der Waals surface area (Å²) in [4.78, 5) is 24.4. The highest BCUT2D eigenvalue weighted by Gasteiger charge is 2.28. The fourth-order valence-corrected chi connectivity index (χ4v) is 4.71. The highest BCUT2D eigenvalue weighted by atomic mass is 32.2. The summed E-state index contributed by atoms with van der Waals surface area (Å²) in [7, 11) is -3.65. The second-order valence-electron chi connectivity index (χ2n) is 7.61. The number of hydrogen-bond donors (Lipinski definition) is 2. The molecule has 1 aromatic carbocycles. The van der Waals surface area contributed by atoms with Gasteiger partial charge in [-0.1, -0.05) is 38.2 Å². The highest BCUT2D eigenvalue weighted by Crippen LogP contribution is 2.22. The average Bonchev–Trinajstić information content (AvgIpc) is 3.45. The SMILES string of the molecule is O=C(COC(=O)c1cccc(S(=O)(=O)NC2CC2)c1)NC1CCCCCCC1. The molecule has 1 aromatic rings. The van der Waals surface area contributed by atoms with E-state index in [9.17, 15) is 18.0 Å². The Balaban J connectivity index is 1.51. The third-order valence-corrected chi connectivity index (χ3v) is 6.60. The number of rotatable bonds is 7. The lowest BCUT2D eigenvalue weighted by atomic mass is 9.97. The van der Waals surface area contributed by atoms with Gasteiger partial charge in [0.1, 0.15) is 0 Å². The first-order chi connectivity index (χ1) is 13.4. The molecule has 0 spiro atoms. The number of hydrogen-bond acceptors (Lipinski definition) is 5. The van der Waals surface area contributed by atoms with Crippen LogP contribution in [0.1, 0.15) is 68.1 Å². The van der Waals surface area contributed by atoms with Crippen LogP contribution in [0.4, 0.5) is 0 Å². The number of benzene rings is 1. The van der Waals surface area contributed by atoms with E-state index in [2.05, 4.69) is 10.0 Å². The van der Waals surface area contributed by atoms with E-state index in [1.807, 2.05) is 0 Å². The molecule has 0 atom stereocenters. The Bertz CT molecular complexity index is 797. The van der Waals surface area contributed by atoms with Crippen LogP contribution in [0.3, 0.4) is 0 Å². The molecular weight excluding hydrogens is 380 g/mol. The largest absolute Gasteiger partial charge is 0.452 e. The van der Waals surface area contributed by atoms with Crippen LogP contribution >= 0.6 is 0 Å². The van der Waals surface area contributed by atoms with Crippen molar-refractivity contribution in [3.63, 3.8) is 0 Å². The van der Waals surface area contributed by atoms with Gasteiger partial charge in [-0.3, -0.25) is 4.79 Å². The second-order valence-corrected chi connectivity index (χ2v) is 9.32. The normalized spacial score (nSPS) is 18.7. The monoisotopic (exact) mass is 408 g/mol. The first kappa shape index (κ1) is 20.8. The van der Waals surface area contributed by atoms with Crippen molar-refractivity contribution in [2.24, 2.45) is 0 Å². The standard InChI is InChI=1S/C20H28N2O5S/c23-19(21-16-8-4-2-1-3-5-9-16)14-27-20(24)15-7-6-10-18(13-15)28(25,26)22-17-11-12-17/h6-7,10,13,16-17,22H,1-5,8-9,11-12,14H2,(H,21,23). The molecular formula is C20H28N2O5S. The van der Waals surface area contributed by atoms with Gasteiger partial charge in [0, 0.05) is 12.1 Å². The minimum absolute atomic E-state index is 0.0161. The van der Waals surface area contributed by atoms with Gasteiger partial charge in [-0.2, -0.15) is 0 Å². The van der Waals surface area contributed by atoms with Gasteiger partial charge in [-0.25, -0.2) is 17.9 Å². The van der Waals surface area contributed by atoms with Gasteiger partial charge >= 0.3 is 5.97 Å². The van der Waals surface area contributed by atoms with Crippen LogP contribution in [0.15, 0.2) is 29.2 Å². The predicted molar refractivity (Wildman–Crippen MR) is 104 cm³/mol. The highest BCUT2D eigenvalue weighted by molar-refractivity contribution is 7.89. The summed E-state index contributed by atoms with van der Waals surface area (Å²) in [6.45, 7) is -0.368. The minimum atomic E-state index is -3.65. The van der Waals surface area contributed by atoms with Gasteiger partial charge in [-0.05, 0) is 43.9 Å². The van der Waals surface area contributed by atoms with Crippen LogP contribution in [0.25, 0.3) is 0 Å². The number of esters is 1. The number of amides is 1.